The molecule has 1 rings (SSSR count). The van der Waals surface area contributed by atoms with Gasteiger partial charge in [0, 0.05) is 0 Å². The van der Waals surface area contributed by atoms with Gasteiger partial charge in [0.05, 0.1) is 5.41 Å². The molecular weight excluding hydrogens is 192 g/mol. The first-order chi connectivity index (χ1) is 6.06. The van der Waals surface area contributed by atoms with Crippen molar-refractivity contribution in [2.45, 2.75) is 32.2 Å². The van der Waals surface area contributed by atoms with Crippen LogP contribution in [-0.4, -0.2) is 17.4 Å². The van der Waals surface area contributed by atoms with Crippen molar-refractivity contribution < 1.29 is 9.59 Å². The summed E-state index contributed by atoms with van der Waals surface area (Å²) in [6.07, 6.45) is 1.23. The second kappa shape index (κ2) is 3.54. The molecule has 4 nitrogen and oxygen atoms in total. The summed E-state index contributed by atoms with van der Waals surface area (Å²) in [7, 11) is 0. The van der Waals surface area contributed by atoms with E-state index in [4.69, 9.17) is 11.6 Å². The van der Waals surface area contributed by atoms with E-state index in [1.165, 1.54) is 0 Å². The normalized spacial score (nSPS) is 26.5. The fourth-order valence-corrected chi connectivity index (χ4v) is 2.07. The minimum absolute atomic E-state index is 0.277. The van der Waals surface area contributed by atoms with Crippen LogP contribution in [0, 0.1) is 5.41 Å². The molecule has 0 bridgehead atoms. The zero-order valence-corrected chi connectivity index (χ0v) is 8.44. The number of alkyl halides is 1. The van der Waals surface area contributed by atoms with Gasteiger partial charge in [-0.1, -0.05) is 25.4 Å². The van der Waals surface area contributed by atoms with E-state index in [2.05, 4.69) is 10.6 Å². The zero-order valence-electron chi connectivity index (χ0n) is 7.69. The lowest BCUT2D eigenvalue weighted by molar-refractivity contribution is -0.132. The number of carbonyl (C=O) groups excluding carboxylic acids is 2. The summed E-state index contributed by atoms with van der Waals surface area (Å²) in [5, 5.41) is 4.73. The Morgan fingerprint density at radius 1 is 1.38 bits per heavy atom. The van der Waals surface area contributed by atoms with Crippen LogP contribution in [0.3, 0.4) is 0 Å². The Morgan fingerprint density at radius 3 is 2.31 bits per heavy atom. The van der Waals surface area contributed by atoms with E-state index in [0.29, 0.717) is 12.8 Å². The van der Waals surface area contributed by atoms with Crippen molar-refractivity contribution in [3.8, 4) is 0 Å². The molecule has 1 aliphatic rings. The van der Waals surface area contributed by atoms with Crippen molar-refractivity contribution in [3.63, 3.8) is 0 Å². The third-order valence-electron chi connectivity index (χ3n) is 2.68. The average molecular weight is 205 g/mol. The SMILES string of the molecule is CCC1(CC)C(=O)NC(=O)NC1Cl. The number of hydrogen-bond acceptors (Lipinski definition) is 2. The number of amides is 3. The number of halogens is 1. The van der Waals surface area contributed by atoms with Gasteiger partial charge in [0.1, 0.15) is 5.50 Å². The molecule has 0 saturated carbocycles. The molecule has 0 aromatic carbocycles. The first kappa shape index (κ1) is 10.3. The largest absolute Gasteiger partial charge is 0.322 e. The Hall–Kier alpha value is -0.770. The van der Waals surface area contributed by atoms with Crippen LogP contribution < -0.4 is 10.6 Å². The minimum atomic E-state index is -0.657. The number of rotatable bonds is 2. The lowest BCUT2D eigenvalue weighted by Crippen LogP contribution is -2.62. The summed E-state index contributed by atoms with van der Waals surface area (Å²) in [6.45, 7) is 3.77. The summed E-state index contributed by atoms with van der Waals surface area (Å²) < 4.78 is 0. The molecule has 0 aromatic heterocycles. The van der Waals surface area contributed by atoms with E-state index < -0.39 is 16.9 Å². The molecule has 0 aromatic rings. The standard InChI is InChI=1S/C8H13ClN2O2/c1-3-8(4-2)5(9)10-7(13)11-6(8)12/h5H,3-4H2,1-2H3,(H2,10,11,12,13). The van der Waals surface area contributed by atoms with Gasteiger partial charge in [-0.25, -0.2) is 4.79 Å². The maximum absolute atomic E-state index is 11.5. The maximum Gasteiger partial charge on any atom is 0.322 e. The monoisotopic (exact) mass is 204 g/mol. The molecule has 1 heterocycles. The predicted octanol–water partition coefficient (Wildman–Crippen LogP) is 1.20. The van der Waals surface area contributed by atoms with Gasteiger partial charge in [0.15, 0.2) is 0 Å². The Kier molecular flexibility index (Phi) is 2.81. The van der Waals surface area contributed by atoms with Crippen LogP contribution in [0.2, 0.25) is 0 Å². The Bertz CT molecular complexity index is 238. The van der Waals surface area contributed by atoms with E-state index in [1.807, 2.05) is 13.8 Å². The van der Waals surface area contributed by atoms with E-state index in [0.717, 1.165) is 0 Å². The summed E-state index contributed by atoms with van der Waals surface area (Å²) in [5.74, 6) is -0.277. The first-order valence-corrected chi connectivity index (χ1v) is 4.76. The summed E-state index contributed by atoms with van der Waals surface area (Å²) in [4.78, 5) is 22.4. The Balaban J connectivity index is 2.93. The topological polar surface area (TPSA) is 58.2 Å². The number of nitrogens with one attached hydrogen (secondary N) is 2. The predicted molar refractivity (Wildman–Crippen MR) is 49.3 cm³/mol. The highest BCUT2D eigenvalue weighted by molar-refractivity contribution is 6.25. The molecule has 74 valence electrons. The highest BCUT2D eigenvalue weighted by Crippen LogP contribution is 2.34. The molecule has 5 heteroatoms. The van der Waals surface area contributed by atoms with Crippen LogP contribution in [0.25, 0.3) is 0 Å². The molecule has 1 saturated heterocycles. The van der Waals surface area contributed by atoms with Crippen LogP contribution in [0.15, 0.2) is 0 Å². The highest BCUT2D eigenvalue weighted by Gasteiger charge is 2.46. The van der Waals surface area contributed by atoms with E-state index >= 15 is 0 Å². The lowest BCUT2D eigenvalue weighted by atomic mass is 9.80. The number of urea groups is 1. The van der Waals surface area contributed by atoms with Gasteiger partial charge >= 0.3 is 6.03 Å². The number of hydrogen-bond donors (Lipinski definition) is 2. The van der Waals surface area contributed by atoms with Gasteiger partial charge in [-0.3, -0.25) is 10.1 Å². The maximum atomic E-state index is 11.5. The second-order valence-corrected chi connectivity index (χ2v) is 3.59. The van der Waals surface area contributed by atoms with Crippen LogP contribution in [-0.2, 0) is 4.79 Å². The van der Waals surface area contributed by atoms with Gasteiger partial charge in [0.2, 0.25) is 5.91 Å². The fourth-order valence-electron chi connectivity index (χ4n) is 1.56. The van der Waals surface area contributed by atoms with Gasteiger partial charge in [-0.2, -0.15) is 0 Å². The van der Waals surface area contributed by atoms with Crippen molar-refractivity contribution in [2.75, 3.05) is 0 Å². The molecule has 1 aliphatic heterocycles. The van der Waals surface area contributed by atoms with E-state index in [-0.39, 0.29) is 5.91 Å². The van der Waals surface area contributed by atoms with Crippen LogP contribution in [0.1, 0.15) is 26.7 Å². The fraction of sp³-hybridized carbons (Fsp3) is 0.750. The summed E-state index contributed by atoms with van der Waals surface area (Å²) in [6, 6.07) is -0.512. The molecule has 0 aliphatic carbocycles. The van der Waals surface area contributed by atoms with Gasteiger partial charge in [-0.15, -0.1) is 0 Å². The van der Waals surface area contributed by atoms with Crippen molar-refractivity contribution in [3.05, 3.63) is 0 Å². The van der Waals surface area contributed by atoms with Crippen LogP contribution in [0.5, 0.6) is 0 Å². The van der Waals surface area contributed by atoms with Crippen molar-refractivity contribution in [1.82, 2.24) is 10.6 Å². The van der Waals surface area contributed by atoms with Gasteiger partial charge in [0.25, 0.3) is 0 Å². The molecule has 3 amide bonds. The molecule has 2 N–H and O–H groups in total. The van der Waals surface area contributed by atoms with E-state index in [9.17, 15) is 9.59 Å². The minimum Gasteiger partial charge on any atom is -0.320 e. The van der Waals surface area contributed by atoms with Gasteiger partial charge in [-0.05, 0) is 12.8 Å². The van der Waals surface area contributed by atoms with Crippen molar-refractivity contribution >= 4 is 23.5 Å². The first-order valence-electron chi connectivity index (χ1n) is 4.33. The molecule has 0 spiro atoms. The molecule has 13 heavy (non-hydrogen) atoms. The summed E-state index contributed by atoms with van der Waals surface area (Å²) >= 11 is 5.94. The highest BCUT2D eigenvalue weighted by atomic mass is 35.5. The van der Waals surface area contributed by atoms with Crippen molar-refractivity contribution in [2.24, 2.45) is 5.41 Å². The second-order valence-electron chi connectivity index (χ2n) is 3.15. The number of carbonyl (C=O) groups is 2. The third-order valence-corrected chi connectivity index (χ3v) is 3.21. The quantitative estimate of drug-likeness (QED) is 0.525. The smallest absolute Gasteiger partial charge is 0.320 e. The summed E-state index contributed by atoms with van der Waals surface area (Å²) in [5.41, 5.74) is -1.26. The molecular formula is C8H13ClN2O2. The van der Waals surface area contributed by atoms with Crippen LogP contribution >= 0.6 is 11.6 Å². The zero-order chi connectivity index (χ0) is 10.1. The Morgan fingerprint density at radius 2 is 1.92 bits per heavy atom. The van der Waals surface area contributed by atoms with Gasteiger partial charge < -0.3 is 5.32 Å². The average Bonchev–Trinajstić information content (AvgIpc) is 2.05. The molecule has 1 unspecified atom stereocenters. The van der Waals surface area contributed by atoms with E-state index in [1.54, 1.807) is 0 Å². The molecule has 1 fully saturated rings. The third kappa shape index (κ3) is 1.50. The number of imide groups is 1. The van der Waals surface area contributed by atoms with Crippen LogP contribution in [0.4, 0.5) is 4.79 Å². The molecule has 0 radical (unpaired) electrons. The lowest BCUT2D eigenvalue weighted by Gasteiger charge is -2.38. The van der Waals surface area contributed by atoms with Crippen molar-refractivity contribution in [1.29, 1.82) is 0 Å². The Labute approximate surface area is 82.0 Å². The molecule has 1 atom stereocenters.